The molecule has 0 spiro atoms. The molecule has 14 nitrogen and oxygen atoms in total. The summed E-state index contributed by atoms with van der Waals surface area (Å²) in [4.78, 5) is 52.0. The number of aromatic nitrogens is 4. The van der Waals surface area contributed by atoms with E-state index in [2.05, 4.69) is 44.6 Å². The van der Waals surface area contributed by atoms with Gasteiger partial charge in [0.15, 0.2) is 13.2 Å². The minimum absolute atomic E-state index is 0. The minimum atomic E-state index is -0.550. The highest BCUT2D eigenvalue weighted by Gasteiger charge is 2.32. The number of aryl methyl sites for hydroxylation is 2. The fraction of sp³-hybridized carbons (Fsp3) is 0.326. The summed E-state index contributed by atoms with van der Waals surface area (Å²) in [6.07, 6.45) is 11.6. The molecule has 2 aromatic carbocycles. The number of alkyl carbamates (subject to hydrolysis) is 1. The Morgan fingerprint density at radius 3 is 1.83 bits per heavy atom. The van der Waals surface area contributed by atoms with E-state index in [0.29, 0.717) is 42.0 Å². The summed E-state index contributed by atoms with van der Waals surface area (Å²) >= 11 is 11.5. The van der Waals surface area contributed by atoms with Crippen molar-refractivity contribution < 1.29 is 37.4 Å². The van der Waals surface area contributed by atoms with Crippen molar-refractivity contribution in [3.63, 3.8) is 0 Å². The van der Waals surface area contributed by atoms with E-state index in [-0.39, 0.29) is 54.6 Å². The maximum Gasteiger partial charge on any atom is 0.420 e. The number of carbonyl (C=O) groups excluding carboxylic acids is 4. The highest BCUT2D eigenvalue weighted by Crippen LogP contribution is 2.36. The molecule has 0 radical (unpaired) electrons. The molecule has 338 valence electrons. The lowest BCUT2D eigenvalue weighted by Gasteiger charge is -2.12. The van der Waals surface area contributed by atoms with Gasteiger partial charge in [0.1, 0.15) is 29.3 Å². The lowest BCUT2D eigenvalue weighted by atomic mass is 10.1. The van der Waals surface area contributed by atoms with E-state index in [0.717, 1.165) is 41.5 Å². The van der Waals surface area contributed by atoms with Crippen LogP contribution in [0.2, 0.25) is 10.0 Å². The van der Waals surface area contributed by atoms with Crippen LogP contribution in [0.3, 0.4) is 0 Å². The van der Waals surface area contributed by atoms with Crippen LogP contribution in [0.15, 0.2) is 67.5 Å². The standard InChI is InChI=1S/C21H21ClFN3O3.C15H15ClFN3O.C9H10N2O2.CH4/c1-3-4-5-10-29-21(28)25-18-9-7-14-15(18)12-26(2)19(14)20(27)24-13-6-8-17(23)16(22)11-13;1-20-7-10-9(3-5-13(10)18)14(20)15(21)19-8-2-4-12(17)11(16)6-8;1-2-3-4-7-13-9(12)11-6-5-10-8-11;/h6,8,11-12,18H,3,7,9-10H2,1-2H3,(H,24,27)(H,25,28);2,4,6-7,13H,3,5,18H2,1H3,(H,19,21);5-6,8H,2,7H2,1H3;1H4. The summed E-state index contributed by atoms with van der Waals surface area (Å²) in [5.41, 5.74) is 11.7. The molecule has 5 N–H and O–H groups in total. The molecule has 5 aromatic rings. The number of nitrogens with two attached hydrogens (primary N) is 1. The first-order chi connectivity index (χ1) is 30.2. The van der Waals surface area contributed by atoms with E-state index in [1.54, 1.807) is 16.2 Å². The normalized spacial score (nSPS) is 13.9. The minimum Gasteiger partial charge on any atom is -0.436 e. The number of ether oxygens (including phenoxy) is 2. The van der Waals surface area contributed by atoms with E-state index < -0.39 is 23.8 Å². The smallest absolute Gasteiger partial charge is 0.420 e. The molecule has 3 aromatic heterocycles. The third-order valence-corrected chi connectivity index (χ3v) is 10.3. The number of carbonyl (C=O) groups is 4. The first-order valence-corrected chi connectivity index (χ1v) is 20.6. The van der Waals surface area contributed by atoms with Crippen LogP contribution in [0.5, 0.6) is 0 Å². The second kappa shape index (κ2) is 23.7. The number of benzene rings is 2. The molecule has 64 heavy (non-hydrogen) atoms. The number of hydrogen-bond donors (Lipinski definition) is 4. The highest BCUT2D eigenvalue weighted by molar-refractivity contribution is 6.31. The fourth-order valence-electron chi connectivity index (χ4n) is 6.90. The van der Waals surface area contributed by atoms with Crippen LogP contribution in [0.4, 0.5) is 29.7 Å². The lowest BCUT2D eigenvalue weighted by Crippen LogP contribution is -2.27. The van der Waals surface area contributed by atoms with E-state index in [9.17, 15) is 28.0 Å². The van der Waals surface area contributed by atoms with Crippen LogP contribution in [-0.2, 0) is 36.4 Å². The lowest BCUT2D eigenvalue weighted by molar-refractivity contribution is 0.101. The van der Waals surface area contributed by atoms with Gasteiger partial charge in [0.25, 0.3) is 11.8 Å². The zero-order valence-electron chi connectivity index (χ0n) is 35.0. The Kier molecular flexibility index (Phi) is 18.6. The number of hydrogen-bond acceptors (Lipinski definition) is 8. The zero-order chi connectivity index (χ0) is 45.6. The summed E-state index contributed by atoms with van der Waals surface area (Å²) in [5.74, 6) is 9.45. The Morgan fingerprint density at radius 1 is 0.797 bits per heavy atom. The molecule has 0 bridgehead atoms. The summed E-state index contributed by atoms with van der Waals surface area (Å²) in [7, 11) is 3.58. The Hall–Kier alpha value is -6.59. The van der Waals surface area contributed by atoms with Crippen molar-refractivity contribution in [1.82, 2.24) is 24.0 Å². The number of rotatable bonds is 7. The highest BCUT2D eigenvalue weighted by atomic mass is 35.5. The molecule has 3 amide bonds. The maximum atomic E-state index is 13.3. The first kappa shape index (κ1) is 50.1. The van der Waals surface area contributed by atoms with Gasteiger partial charge in [-0.2, -0.15) is 0 Å². The number of fused-ring (bicyclic) bond motifs is 2. The van der Waals surface area contributed by atoms with E-state index in [4.69, 9.17) is 38.4 Å². The van der Waals surface area contributed by atoms with Crippen LogP contribution in [0.1, 0.15) is 102 Å². The molecular formula is C46H50Cl2F2N8O6. The SMILES string of the molecule is C.CCC#CCOC(=O)NC1CCc2c1cn(C)c2C(=O)Nc1ccc(F)c(Cl)c1.CCC#CCOC(=O)n1ccnc1.Cn1cc2c(c1C(=O)Nc1ccc(F)c(Cl)c1)CCC2N. The van der Waals surface area contributed by atoms with Crippen molar-refractivity contribution in [2.45, 2.75) is 71.9 Å². The molecular weight excluding hydrogens is 869 g/mol. The van der Waals surface area contributed by atoms with Gasteiger partial charge < -0.3 is 40.3 Å². The molecule has 3 heterocycles. The quantitative estimate of drug-likeness (QED) is 0.117. The van der Waals surface area contributed by atoms with Gasteiger partial charge in [-0.1, -0.05) is 56.3 Å². The molecule has 2 aliphatic rings. The largest absolute Gasteiger partial charge is 0.436 e. The molecule has 2 atom stereocenters. The van der Waals surface area contributed by atoms with Crippen LogP contribution < -0.4 is 21.7 Å². The number of nitrogens with one attached hydrogen (secondary N) is 3. The topological polar surface area (TPSA) is 177 Å². The molecule has 18 heteroatoms. The molecule has 0 saturated carbocycles. The molecule has 0 aliphatic heterocycles. The van der Waals surface area contributed by atoms with Gasteiger partial charge in [-0.05, 0) is 84.3 Å². The van der Waals surface area contributed by atoms with Crippen molar-refractivity contribution in [1.29, 1.82) is 0 Å². The summed E-state index contributed by atoms with van der Waals surface area (Å²) in [5, 5.41) is 8.22. The van der Waals surface area contributed by atoms with Crippen molar-refractivity contribution >= 4 is 58.6 Å². The zero-order valence-corrected chi connectivity index (χ0v) is 36.5. The number of anilines is 2. The van der Waals surface area contributed by atoms with Crippen molar-refractivity contribution in [3.8, 4) is 23.7 Å². The maximum absolute atomic E-state index is 13.3. The predicted molar refractivity (Wildman–Crippen MR) is 242 cm³/mol. The predicted octanol–water partition coefficient (Wildman–Crippen LogP) is 9.13. The molecule has 7 rings (SSSR count). The van der Waals surface area contributed by atoms with Gasteiger partial charge in [-0.15, -0.1) is 11.8 Å². The Balaban J connectivity index is 0.000000225. The molecule has 2 unspecified atom stereocenters. The number of halogens is 4. The average molecular weight is 920 g/mol. The summed E-state index contributed by atoms with van der Waals surface area (Å²) < 4.78 is 41.1. The van der Waals surface area contributed by atoms with Crippen molar-refractivity contribution in [2.24, 2.45) is 19.8 Å². The van der Waals surface area contributed by atoms with Crippen LogP contribution in [0.25, 0.3) is 0 Å². The van der Waals surface area contributed by atoms with Gasteiger partial charge >= 0.3 is 12.2 Å². The number of nitrogens with zero attached hydrogens (tertiary/aromatic N) is 4. The summed E-state index contributed by atoms with van der Waals surface area (Å²) in [6, 6.07) is 7.87. The monoisotopic (exact) mass is 918 g/mol. The van der Waals surface area contributed by atoms with Crippen molar-refractivity contribution in [3.05, 3.63) is 123 Å². The molecule has 0 fully saturated rings. The number of imidazole rings is 1. The van der Waals surface area contributed by atoms with Crippen LogP contribution in [0, 0.1) is 35.3 Å². The van der Waals surface area contributed by atoms with Gasteiger partial charge in [0, 0.05) is 69.1 Å². The third-order valence-electron chi connectivity index (χ3n) is 9.74. The Labute approximate surface area is 380 Å². The van der Waals surface area contributed by atoms with Gasteiger partial charge in [0.2, 0.25) is 0 Å². The van der Waals surface area contributed by atoms with Gasteiger partial charge in [0.05, 0.1) is 16.1 Å². The summed E-state index contributed by atoms with van der Waals surface area (Å²) in [6.45, 7) is 4.03. The fourth-order valence-corrected chi connectivity index (χ4v) is 7.26. The van der Waals surface area contributed by atoms with Crippen molar-refractivity contribution in [2.75, 3.05) is 23.8 Å². The Bertz CT molecular complexity index is 2590. The van der Waals surface area contributed by atoms with Crippen LogP contribution >= 0.6 is 23.2 Å². The molecule has 2 aliphatic carbocycles. The number of amides is 3. The molecule has 0 saturated heterocycles. The van der Waals surface area contributed by atoms with E-state index >= 15 is 0 Å². The average Bonchev–Trinajstić information content (AvgIpc) is 4.09. The second-order valence-electron chi connectivity index (χ2n) is 14.1. The van der Waals surface area contributed by atoms with Gasteiger partial charge in [-0.25, -0.2) is 27.9 Å². The van der Waals surface area contributed by atoms with Crippen LogP contribution in [-0.4, -0.2) is 55.9 Å². The first-order valence-electron chi connectivity index (χ1n) is 19.9. The second-order valence-corrected chi connectivity index (χ2v) is 14.9. The van der Waals surface area contributed by atoms with E-state index in [1.165, 1.54) is 59.7 Å². The van der Waals surface area contributed by atoms with Gasteiger partial charge in [-0.3, -0.25) is 9.59 Å². The Morgan fingerprint density at radius 2 is 1.31 bits per heavy atom. The van der Waals surface area contributed by atoms with E-state index in [1.807, 2.05) is 33.3 Å². The third kappa shape index (κ3) is 13.0.